The Morgan fingerprint density at radius 2 is 1.35 bits per heavy atom. The normalized spacial score (nSPS) is 19.6. The minimum absolute atomic E-state index is 0. The van der Waals surface area contributed by atoms with Gasteiger partial charge in [-0.3, -0.25) is 14.4 Å². The summed E-state index contributed by atoms with van der Waals surface area (Å²) in [4.78, 5) is 36.7. The molecular weight excluding hydrogens is 589 g/mol. The zero-order valence-corrected chi connectivity index (χ0v) is 26.6. The number of piperidine rings is 2. The second-order valence-corrected chi connectivity index (χ2v) is 13.2. The Kier molecular flexibility index (Phi) is 12.6. The molecule has 2 aromatic rings. The monoisotopic (exact) mass is 632 g/mol. The molecule has 0 saturated carbocycles. The number of amides is 1. The molecule has 0 unspecified atom stereocenters. The van der Waals surface area contributed by atoms with Gasteiger partial charge in [0.1, 0.15) is 11.5 Å². The first-order valence-corrected chi connectivity index (χ1v) is 14.6. The van der Waals surface area contributed by atoms with Crippen LogP contribution < -0.4 is 5.32 Å². The number of hydrogen-bond donors (Lipinski definition) is 1. The Balaban J connectivity index is 0.000000304. The number of rotatable bonds is 6. The van der Waals surface area contributed by atoms with E-state index in [-0.39, 0.29) is 54.4 Å². The highest BCUT2D eigenvalue weighted by atomic mass is 35.5. The number of alkyl halides is 3. The van der Waals surface area contributed by atoms with Crippen LogP contribution in [0, 0.1) is 0 Å². The zero-order valence-electron chi connectivity index (χ0n) is 25.8. The van der Waals surface area contributed by atoms with Crippen molar-refractivity contribution in [3.63, 3.8) is 0 Å². The van der Waals surface area contributed by atoms with Crippen molar-refractivity contribution in [2.45, 2.75) is 122 Å². The number of hydrogen-bond acceptors (Lipinski definition) is 8. The highest BCUT2D eigenvalue weighted by Crippen LogP contribution is 2.27. The molecule has 1 amide bonds. The SMILES string of the molecule is CC(C)(C)c1cc(CC(=O)[C@@H]2CCCCN2)no1.CC(C)(C)c1cc(CC(=O)[C@@H]2CCCCN2C(=O)C(F)(F)F)no1.Cl. The number of nitrogens with zero attached hydrogens (tertiary/aromatic N) is 3. The molecule has 0 radical (unpaired) electrons. The lowest BCUT2D eigenvalue weighted by molar-refractivity contribution is -0.189. The Bertz CT molecular complexity index is 1220. The molecule has 4 rings (SSSR count). The van der Waals surface area contributed by atoms with Gasteiger partial charge in [0, 0.05) is 29.5 Å². The maximum atomic E-state index is 12.7. The molecule has 2 aliphatic rings. The summed E-state index contributed by atoms with van der Waals surface area (Å²) in [5, 5.41) is 11.1. The smallest absolute Gasteiger partial charge is 0.361 e. The van der Waals surface area contributed by atoms with Crippen LogP contribution >= 0.6 is 12.4 Å². The molecule has 4 heterocycles. The highest BCUT2D eigenvalue weighted by Gasteiger charge is 2.46. The summed E-state index contributed by atoms with van der Waals surface area (Å²) in [6, 6.07) is 2.49. The number of carbonyl (C=O) groups is 3. The Morgan fingerprint density at radius 3 is 1.79 bits per heavy atom. The van der Waals surface area contributed by atoms with Crippen LogP contribution in [0.25, 0.3) is 0 Å². The number of ketones is 2. The molecule has 43 heavy (non-hydrogen) atoms. The molecule has 1 N–H and O–H groups in total. The van der Waals surface area contributed by atoms with Crippen molar-refractivity contribution in [1.82, 2.24) is 20.5 Å². The van der Waals surface area contributed by atoms with Gasteiger partial charge in [-0.2, -0.15) is 13.2 Å². The lowest BCUT2D eigenvalue weighted by atomic mass is 9.92. The molecule has 2 aromatic heterocycles. The molecule has 0 spiro atoms. The van der Waals surface area contributed by atoms with Gasteiger partial charge in [0.2, 0.25) is 0 Å². The van der Waals surface area contributed by atoms with Crippen LogP contribution in [0.4, 0.5) is 13.2 Å². The zero-order chi connectivity index (χ0) is 31.3. The lowest BCUT2D eigenvalue weighted by Crippen LogP contribution is -2.52. The highest BCUT2D eigenvalue weighted by molar-refractivity contribution is 5.92. The van der Waals surface area contributed by atoms with Crippen molar-refractivity contribution < 1.29 is 36.6 Å². The molecule has 13 heteroatoms. The fourth-order valence-electron chi connectivity index (χ4n) is 4.89. The van der Waals surface area contributed by atoms with E-state index in [4.69, 9.17) is 9.05 Å². The van der Waals surface area contributed by atoms with E-state index < -0.39 is 23.9 Å². The van der Waals surface area contributed by atoms with Gasteiger partial charge in [0.25, 0.3) is 0 Å². The first-order chi connectivity index (χ1) is 19.5. The van der Waals surface area contributed by atoms with Gasteiger partial charge in [0.15, 0.2) is 11.6 Å². The summed E-state index contributed by atoms with van der Waals surface area (Å²) in [7, 11) is 0. The number of Topliss-reactive ketones (excluding diaryl/α,β-unsaturated/α-hetero) is 2. The van der Waals surface area contributed by atoms with Gasteiger partial charge in [-0.15, -0.1) is 12.4 Å². The average molecular weight is 633 g/mol. The van der Waals surface area contributed by atoms with Crippen LogP contribution in [0.5, 0.6) is 0 Å². The Morgan fingerprint density at radius 1 is 0.837 bits per heavy atom. The number of likely N-dealkylation sites (tertiary alicyclic amines) is 1. The largest absolute Gasteiger partial charge is 0.471 e. The van der Waals surface area contributed by atoms with Crippen LogP contribution in [-0.4, -0.2) is 64.0 Å². The van der Waals surface area contributed by atoms with E-state index >= 15 is 0 Å². The fraction of sp³-hybridized carbons (Fsp3) is 0.700. The quantitative estimate of drug-likeness (QED) is 0.433. The summed E-state index contributed by atoms with van der Waals surface area (Å²) < 4.78 is 48.6. The second kappa shape index (κ2) is 14.8. The second-order valence-electron chi connectivity index (χ2n) is 13.2. The first-order valence-electron chi connectivity index (χ1n) is 14.6. The molecule has 9 nitrogen and oxygen atoms in total. The number of carbonyl (C=O) groups excluding carboxylic acids is 3. The number of halogens is 4. The van der Waals surface area contributed by atoms with Gasteiger partial charge in [0.05, 0.1) is 36.3 Å². The Labute approximate surface area is 257 Å². The van der Waals surface area contributed by atoms with Crippen molar-refractivity contribution >= 4 is 29.9 Å². The summed E-state index contributed by atoms with van der Waals surface area (Å²) in [5.41, 5.74) is 0.779. The molecule has 242 valence electrons. The maximum Gasteiger partial charge on any atom is 0.471 e. The van der Waals surface area contributed by atoms with Gasteiger partial charge < -0.3 is 19.3 Å². The topological polar surface area (TPSA) is 119 Å². The van der Waals surface area contributed by atoms with Crippen molar-refractivity contribution in [1.29, 1.82) is 0 Å². The molecular formula is C30H44ClF3N4O5. The fourth-order valence-corrected chi connectivity index (χ4v) is 4.89. The average Bonchev–Trinajstić information content (AvgIpc) is 3.58. The van der Waals surface area contributed by atoms with Crippen molar-refractivity contribution in [3.8, 4) is 0 Å². The molecule has 2 aliphatic heterocycles. The molecule has 2 atom stereocenters. The van der Waals surface area contributed by atoms with Crippen LogP contribution in [0.15, 0.2) is 21.2 Å². The predicted octanol–water partition coefficient (Wildman–Crippen LogP) is 5.67. The van der Waals surface area contributed by atoms with E-state index in [1.165, 1.54) is 6.42 Å². The van der Waals surface area contributed by atoms with Gasteiger partial charge in [-0.05, 0) is 38.6 Å². The van der Waals surface area contributed by atoms with Crippen LogP contribution in [-0.2, 0) is 38.1 Å². The number of nitrogens with one attached hydrogen (secondary N) is 1. The van der Waals surface area contributed by atoms with Crippen molar-refractivity contribution in [2.24, 2.45) is 0 Å². The number of aromatic nitrogens is 2. The summed E-state index contributed by atoms with van der Waals surface area (Å²) in [5.74, 6) is -0.736. The van der Waals surface area contributed by atoms with E-state index in [9.17, 15) is 27.6 Å². The lowest BCUT2D eigenvalue weighted by Gasteiger charge is -2.35. The predicted molar refractivity (Wildman–Crippen MR) is 156 cm³/mol. The summed E-state index contributed by atoms with van der Waals surface area (Å²) in [6.07, 6.45) is -0.176. The van der Waals surface area contributed by atoms with Crippen molar-refractivity contribution in [3.05, 3.63) is 35.0 Å². The molecule has 0 bridgehead atoms. The minimum Gasteiger partial charge on any atom is -0.361 e. The van der Waals surface area contributed by atoms with E-state index in [0.717, 1.165) is 30.8 Å². The van der Waals surface area contributed by atoms with Gasteiger partial charge in [-0.1, -0.05) is 58.3 Å². The third-order valence-corrected chi connectivity index (χ3v) is 7.38. The standard InChI is InChI=1S/C16H21F3N2O3.C14H22N2O2.ClH/c1-15(2,3)13-9-10(20-24-13)8-12(22)11-6-4-5-7-21(11)14(23)16(17,18)19;1-14(2,3)13-9-10(16-18-13)8-12(17)11-6-4-5-7-15-11;/h9,11H,4-8H2,1-3H3;9,11,15H,4-8H2,1-3H3;1H/t2*11-;/m00./s1. The van der Waals surface area contributed by atoms with E-state index in [2.05, 4.69) is 36.4 Å². The third-order valence-electron chi connectivity index (χ3n) is 7.38. The summed E-state index contributed by atoms with van der Waals surface area (Å²) >= 11 is 0. The van der Waals surface area contributed by atoms with E-state index in [1.54, 1.807) is 6.07 Å². The molecule has 0 aliphatic carbocycles. The van der Waals surface area contributed by atoms with Crippen LogP contribution in [0.2, 0.25) is 0 Å². The summed E-state index contributed by atoms with van der Waals surface area (Å²) in [6.45, 7) is 12.9. The molecule has 2 fully saturated rings. The van der Waals surface area contributed by atoms with Gasteiger partial charge >= 0.3 is 12.1 Å². The third kappa shape index (κ3) is 10.4. The Hall–Kier alpha value is -2.73. The maximum absolute atomic E-state index is 12.7. The minimum atomic E-state index is -4.97. The van der Waals surface area contributed by atoms with E-state index in [0.29, 0.717) is 35.6 Å². The van der Waals surface area contributed by atoms with Crippen molar-refractivity contribution in [2.75, 3.05) is 13.1 Å². The van der Waals surface area contributed by atoms with Gasteiger partial charge in [-0.25, -0.2) is 0 Å². The van der Waals surface area contributed by atoms with Crippen LogP contribution in [0.3, 0.4) is 0 Å². The molecule has 2 saturated heterocycles. The van der Waals surface area contributed by atoms with Crippen LogP contribution in [0.1, 0.15) is 103 Å². The first kappa shape index (κ1) is 36.5. The van der Waals surface area contributed by atoms with E-state index in [1.807, 2.05) is 26.8 Å². The molecule has 0 aromatic carbocycles.